The predicted octanol–water partition coefficient (Wildman–Crippen LogP) is 2.19. The summed E-state index contributed by atoms with van der Waals surface area (Å²) in [5.41, 5.74) is 1.35. The lowest BCUT2D eigenvalue weighted by molar-refractivity contribution is 0.171. The Morgan fingerprint density at radius 1 is 0.826 bits per heavy atom. The van der Waals surface area contributed by atoms with Crippen molar-refractivity contribution in [2.45, 2.75) is 11.3 Å². The lowest BCUT2D eigenvalue weighted by Gasteiger charge is -2.19. The minimum atomic E-state index is -3.66. The molecule has 0 fully saturated rings. The smallest absolute Gasteiger partial charge is 0.261 e. The Labute approximate surface area is 134 Å². The maximum atomic E-state index is 12.5. The number of nitrogens with one attached hydrogen (secondary N) is 1. The summed E-state index contributed by atoms with van der Waals surface area (Å²) in [6, 6.07) is 9.88. The molecular weight excluding hydrogens is 318 g/mol. The summed E-state index contributed by atoms with van der Waals surface area (Å²) in [5.74, 6) is 1.91. The standard InChI is InChI=1S/C16H15NO5S/c18-23(19,13-2-4-14-11(9-13)5-6-20-14)17-12-1-3-15-16(10-12)22-8-7-21-15/h1-4,9-10,17H,5-8H2. The second-order valence-corrected chi connectivity index (χ2v) is 7.01. The van der Waals surface area contributed by atoms with Crippen LogP contribution in [-0.4, -0.2) is 28.2 Å². The van der Waals surface area contributed by atoms with Gasteiger partial charge >= 0.3 is 0 Å². The fourth-order valence-corrected chi connectivity index (χ4v) is 3.75. The lowest BCUT2D eigenvalue weighted by atomic mass is 10.2. The monoisotopic (exact) mass is 333 g/mol. The molecule has 0 radical (unpaired) electrons. The molecule has 2 aromatic carbocycles. The van der Waals surface area contributed by atoms with Crippen LogP contribution in [0, 0.1) is 0 Å². The van der Waals surface area contributed by atoms with E-state index >= 15 is 0 Å². The van der Waals surface area contributed by atoms with Crippen molar-refractivity contribution >= 4 is 15.7 Å². The molecule has 1 N–H and O–H groups in total. The minimum absolute atomic E-state index is 0.219. The van der Waals surface area contributed by atoms with E-state index in [9.17, 15) is 8.42 Å². The zero-order valence-corrected chi connectivity index (χ0v) is 13.1. The van der Waals surface area contributed by atoms with Crippen molar-refractivity contribution in [3.05, 3.63) is 42.0 Å². The Bertz CT molecular complexity index is 863. The first-order valence-corrected chi connectivity index (χ1v) is 8.78. The second-order valence-electron chi connectivity index (χ2n) is 5.33. The van der Waals surface area contributed by atoms with E-state index in [4.69, 9.17) is 14.2 Å². The van der Waals surface area contributed by atoms with Crippen LogP contribution >= 0.6 is 0 Å². The van der Waals surface area contributed by atoms with Gasteiger partial charge in [-0.05, 0) is 35.9 Å². The summed E-state index contributed by atoms with van der Waals surface area (Å²) in [4.78, 5) is 0.219. The molecule has 0 saturated heterocycles. The molecule has 120 valence electrons. The van der Waals surface area contributed by atoms with Gasteiger partial charge in [0, 0.05) is 12.5 Å². The van der Waals surface area contributed by atoms with E-state index < -0.39 is 10.0 Å². The number of sulfonamides is 1. The second kappa shape index (κ2) is 5.34. The fraction of sp³-hybridized carbons (Fsp3) is 0.250. The molecule has 23 heavy (non-hydrogen) atoms. The van der Waals surface area contributed by atoms with Crippen molar-refractivity contribution in [3.8, 4) is 17.2 Å². The topological polar surface area (TPSA) is 73.9 Å². The maximum absolute atomic E-state index is 12.5. The van der Waals surface area contributed by atoms with Gasteiger partial charge in [-0.15, -0.1) is 0 Å². The summed E-state index contributed by atoms with van der Waals surface area (Å²) < 4.78 is 44.0. The van der Waals surface area contributed by atoms with Crippen LogP contribution in [0.2, 0.25) is 0 Å². The van der Waals surface area contributed by atoms with Gasteiger partial charge in [0.15, 0.2) is 11.5 Å². The molecule has 0 aromatic heterocycles. The Kier molecular flexibility index (Phi) is 3.30. The van der Waals surface area contributed by atoms with Crippen LogP contribution in [0.5, 0.6) is 17.2 Å². The fourth-order valence-electron chi connectivity index (χ4n) is 2.65. The average molecular weight is 333 g/mol. The summed E-state index contributed by atoms with van der Waals surface area (Å²) in [5, 5.41) is 0. The zero-order valence-electron chi connectivity index (χ0n) is 12.2. The van der Waals surface area contributed by atoms with Crippen LogP contribution < -0.4 is 18.9 Å². The van der Waals surface area contributed by atoms with Crippen molar-refractivity contribution in [1.82, 2.24) is 0 Å². The van der Waals surface area contributed by atoms with Crippen LogP contribution in [-0.2, 0) is 16.4 Å². The van der Waals surface area contributed by atoms with Gasteiger partial charge in [-0.25, -0.2) is 8.42 Å². The maximum Gasteiger partial charge on any atom is 0.261 e. The van der Waals surface area contributed by atoms with Gasteiger partial charge in [0.25, 0.3) is 10.0 Å². The molecule has 0 spiro atoms. The highest BCUT2D eigenvalue weighted by Crippen LogP contribution is 2.34. The Morgan fingerprint density at radius 2 is 1.57 bits per heavy atom. The minimum Gasteiger partial charge on any atom is -0.493 e. The first-order chi connectivity index (χ1) is 11.1. The van der Waals surface area contributed by atoms with E-state index in [0.29, 0.717) is 37.0 Å². The molecule has 2 heterocycles. The van der Waals surface area contributed by atoms with Crippen molar-refractivity contribution in [2.75, 3.05) is 24.5 Å². The van der Waals surface area contributed by atoms with Crippen LogP contribution in [0.3, 0.4) is 0 Å². The number of ether oxygens (including phenoxy) is 3. The number of fused-ring (bicyclic) bond motifs is 2. The van der Waals surface area contributed by atoms with Gasteiger partial charge in [-0.2, -0.15) is 0 Å². The third-order valence-corrected chi connectivity index (χ3v) is 5.14. The molecule has 6 nitrogen and oxygen atoms in total. The average Bonchev–Trinajstić information content (AvgIpc) is 3.02. The summed E-state index contributed by atoms with van der Waals surface area (Å²) in [6.45, 7) is 1.54. The van der Waals surface area contributed by atoms with E-state index in [1.54, 1.807) is 36.4 Å². The van der Waals surface area contributed by atoms with Crippen molar-refractivity contribution < 1.29 is 22.6 Å². The van der Waals surface area contributed by atoms with Crippen LogP contribution in [0.25, 0.3) is 0 Å². The lowest BCUT2D eigenvalue weighted by Crippen LogP contribution is -2.16. The molecule has 2 aliphatic rings. The van der Waals surface area contributed by atoms with Gasteiger partial charge in [0.05, 0.1) is 17.2 Å². The summed E-state index contributed by atoms with van der Waals surface area (Å²) in [6.07, 6.45) is 0.725. The SMILES string of the molecule is O=S(=O)(Nc1ccc2c(c1)OCCO2)c1ccc2c(c1)CCO2. The van der Waals surface area contributed by atoms with Crippen molar-refractivity contribution in [3.63, 3.8) is 0 Å². The quantitative estimate of drug-likeness (QED) is 0.932. The zero-order chi connectivity index (χ0) is 15.9. The predicted molar refractivity (Wildman–Crippen MR) is 83.9 cm³/mol. The molecule has 0 atom stereocenters. The molecule has 7 heteroatoms. The molecule has 0 bridgehead atoms. The molecule has 2 aliphatic heterocycles. The van der Waals surface area contributed by atoms with Crippen molar-refractivity contribution in [2.24, 2.45) is 0 Å². The highest BCUT2D eigenvalue weighted by molar-refractivity contribution is 7.92. The van der Waals surface area contributed by atoms with Gasteiger partial charge in [-0.1, -0.05) is 0 Å². The molecular formula is C16H15NO5S. The first-order valence-electron chi connectivity index (χ1n) is 7.30. The molecule has 0 unspecified atom stereocenters. The van der Waals surface area contributed by atoms with E-state index in [0.717, 1.165) is 17.7 Å². The van der Waals surface area contributed by atoms with Gasteiger partial charge in [-0.3, -0.25) is 4.72 Å². The van der Waals surface area contributed by atoms with Gasteiger partial charge in [0.1, 0.15) is 19.0 Å². The first kappa shape index (κ1) is 14.2. The summed E-state index contributed by atoms with van der Waals surface area (Å²) >= 11 is 0. The summed E-state index contributed by atoms with van der Waals surface area (Å²) in [7, 11) is -3.66. The van der Waals surface area contributed by atoms with E-state index in [1.807, 2.05) is 0 Å². The van der Waals surface area contributed by atoms with Crippen LogP contribution in [0.15, 0.2) is 41.3 Å². The number of hydrogen-bond acceptors (Lipinski definition) is 5. The number of hydrogen-bond donors (Lipinski definition) is 1. The largest absolute Gasteiger partial charge is 0.493 e. The molecule has 0 saturated carbocycles. The van der Waals surface area contributed by atoms with E-state index in [1.165, 1.54) is 0 Å². The third-order valence-electron chi connectivity index (χ3n) is 3.77. The molecule has 4 rings (SSSR count). The normalized spacial score (nSPS) is 15.7. The highest BCUT2D eigenvalue weighted by Gasteiger charge is 2.20. The van der Waals surface area contributed by atoms with Gasteiger partial charge in [0.2, 0.25) is 0 Å². The Morgan fingerprint density at radius 3 is 2.43 bits per heavy atom. The van der Waals surface area contributed by atoms with Crippen LogP contribution in [0.1, 0.15) is 5.56 Å². The molecule has 2 aromatic rings. The Balaban J connectivity index is 1.62. The number of benzene rings is 2. The van der Waals surface area contributed by atoms with Crippen molar-refractivity contribution in [1.29, 1.82) is 0 Å². The van der Waals surface area contributed by atoms with E-state index in [2.05, 4.69) is 4.72 Å². The molecule has 0 amide bonds. The highest BCUT2D eigenvalue weighted by atomic mass is 32.2. The Hall–Kier alpha value is -2.41. The van der Waals surface area contributed by atoms with E-state index in [-0.39, 0.29) is 4.90 Å². The molecule has 0 aliphatic carbocycles. The third kappa shape index (κ3) is 2.68. The number of rotatable bonds is 3. The van der Waals surface area contributed by atoms with Gasteiger partial charge < -0.3 is 14.2 Å². The number of anilines is 1. The van der Waals surface area contributed by atoms with Crippen LogP contribution in [0.4, 0.5) is 5.69 Å².